The molecule has 2 N–H and O–H groups in total. The summed E-state index contributed by atoms with van der Waals surface area (Å²) in [5.74, 6) is -1.19. The predicted octanol–water partition coefficient (Wildman–Crippen LogP) is 1.88. The Hall–Kier alpha value is -1.49. The number of aryl methyl sites for hydroxylation is 1. The zero-order valence-corrected chi connectivity index (χ0v) is 9.50. The number of benzene rings is 1. The molecule has 5 heteroatoms. The lowest BCUT2D eigenvalue weighted by Crippen LogP contribution is -2.30. The van der Waals surface area contributed by atoms with Crippen LogP contribution in [0.4, 0.5) is 5.69 Å². The zero-order valence-electron chi connectivity index (χ0n) is 8.69. The number of hydrogen-bond acceptors (Lipinski definition) is 3. The van der Waals surface area contributed by atoms with E-state index in [9.17, 15) is 9.59 Å². The van der Waals surface area contributed by atoms with Crippen LogP contribution < -0.4 is 5.32 Å². The summed E-state index contributed by atoms with van der Waals surface area (Å²) < 4.78 is 0. The van der Waals surface area contributed by atoms with Crippen LogP contribution in [0.1, 0.15) is 12.0 Å². The van der Waals surface area contributed by atoms with Gasteiger partial charge in [-0.2, -0.15) is 0 Å². The molecule has 1 aromatic rings. The molecule has 0 saturated carbocycles. The van der Waals surface area contributed by atoms with E-state index in [0.29, 0.717) is 0 Å². The number of aliphatic carboxylic acids is 1. The van der Waals surface area contributed by atoms with Gasteiger partial charge in [-0.3, -0.25) is 9.59 Å². The number of amides is 1. The van der Waals surface area contributed by atoms with Crippen LogP contribution in [-0.4, -0.2) is 22.2 Å². The van der Waals surface area contributed by atoms with Crippen molar-refractivity contribution in [1.29, 1.82) is 0 Å². The molecule has 1 amide bonds. The molecule has 0 spiro atoms. The molecule has 0 saturated heterocycles. The molecule has 16 heavy (non-hydrogen) atoms. The first kappa shape index (κ1) is 11.0. The number of carboxylic acids is 1. The standard InChI is InChI=1S/C11H11NO3S/c1-6-2-3-8-7(4-6)12-11(15)9(16-8)5-10(13)14/h2-4,9H,5H2,1H3,(H,12,15)(H,13,14)/t9-/m0/s1. The average molecular weight is 237 g/mol. The Morgan fingerprint density at radius 3 is 3.00 bits per heavy atom. The lowest BCUT2D eigenvalue weighted by atomic mass is 10.2. The summed E-state index contributed by atoms with van der Waals surface area (Å²) in [7, 11) is 0. The molecule has 1 heterocycles. The minimum atomic E-state index is -0.955. The normalized spacial score (nSPS) is 18.8. The van der Waals surface area contributed by atoms with Gasteiger partial charge >= 0.3 is 5.97 Å². The molecule has 1 aromatic carbocycles. The van der Waals surface area contributed by atoms with E-state index in [1.54, 1.807) is 0 Å². The van der Waals surface area contributed by atoms with Crippen molar-refractivity contribution in [3.63, 3.8) is 0 Å². The molecular weight excluding hydrogens is 226 g/mol. The van der Waals surface area contributed by atoms with Crippen molar-refractivity contribution in [2.75, 3.05) is 5.32 Å². The summed E-state index contributed by atoms with van der Waals surface area (Å²) >= 11 is 1.31. The fourth-order valence-electron chi connectivity index (χ4n) is 1.56. The first-order valence-electron chi connectivity index (χ1n) is 4.86. The van der Waals surface area contributed by atoms with Crippen LogP contribution in [0.15, 0.2) is 23.1 Å². The molecule has 4 nitrogen and oxygen atoms in total. The molecule has 1 aliphatic heterocycles. The van der Waals surface area contributed by atoms with E-state index in [1.807, 2.05) is 25.1 Å². The molecule has 84 valence electrons. The van der Waals surface area contributed by atoms with Gasteiger partial charge in [0.15, 0.2) is 0 Å². The largest absolute Gasteiger partial charge is 0.481 e. The number of rotatable bonds is 2. The highest BCUT2D eigenvalue weighted by Crippen LogP contribution is 2.37. The molecular formula is C11H11NO3S. The van der Waals surface area contributed by atoms with Crippen LogP contribution in [0.25, 0.3) is 0 Å². The van der Waals surface area contributed by atoms with Crippen LogP contribution >= 0.6 is 11.8 Å². The van der Waals surface area contributed by atoms with E-state index in [1.165, 1.54) is 11.8 Å². The lowest BCUT2D eigenvalue weighted by molar-refractivity contribution is -0.138. The molecule has 1 aliphatic rings. The topological polar surface area (TPSA) is 66.4 Å². The van der Waals surface area contributed by atoms with Crippen molar-refractivity contribution in [2.45, 2.75) is 23.5 Å². The highest BCUT2D eigenvalue weighted by Gasteiger charge is 2.28. The quantitative estimate of drug-likeness (QED) is 0.824. The van der Waals surface area contributed by atoms with E-state index in [4.69, 9.17) is 5.11 Å². The fraction of sp³-hybridized carbons (Fsp3) is 0.273. The molecule has 0 unspecified atom stereocenters. The van der Waals surface area contributed by atoms with Crippen LogP contribution in [-0.2, 0) is 9.59 Å². The van der Waals surface area contributed by atoms with Crippen molar-refractivity contribution in [3.8, 4) is 0 Å². The third kappa shape index (κ3) is 2.19. The minimum absolute atomic E-state index is 0.149. The number of carbonyl (C=O) groups is 2. The highest BCUT2D eigenvalue weighted by molar-refractivity contribution is 8.01. The van der Waals surface area contributed by atoms with Gasteiger partial charge in [-0.05, 0) is 24.6 Å². The van der Waals surface area contributed by atoms with Gasteiger partial charge in [0, 0.05) is 4.90 Å². The lowest BCUT2D eigenvalue weighted by Gasteiger charge is -2.23. The second kappa shape index (κ2) is 4.17. The smallest absolute Gasteiger partial charge is 0.305 e. The SMILES string of the molecule is Cc1ccc2c(c1)NC(=O)[C@H](CC(=O)O)S2. The van der Waals surface area contributed by atoms with Gasteiger partial charge in [0.2, 0.25) is 5.91 Å². The van der Waals surface area contributed by atoms with Gasteiger partial charge in [0.05, 0.1) is 17.4 Å². The summed E-state index contributed by atoms with van der Waals surface area (Å²) in [6, 6.07) is 5.74. The van der Waals surface area contributed by atoms with Crippen LogP contribution in [0.3, 0.4) is 0 Å². The number of thioether (sulfide) groups is 1. The number of carbonyl (C=O) groups excluding carboxylic acids is 1. The summed E-state index contributed by atoms with van der Waals surface area (Å²) in [6.45, 7) is 1.94. The van der Waals surface area contributed by atoms with E-state index in [0.717, 1.165) is 16.1 Å². The molecule has 0 aliphatic carbocycles. The Balaban J connectivity index is 2.25. The Morgan fingerprint density at radius 1 is 1.56 bits per heavy atom. The van der Waals surface area contributed by atoms with Gasteiger partial charge in [0.1, 0.15) is 0 Å². The van der Waals surface area contributed by atoms with Gasteiger partial charge in [-0.1, -0.05) is 6.07 Å². The van der Waals surface area contributed by atoms with Crippen molar-refractivity contribution < 1.29 is 14.7 Å². The molecule has 1 atom stereocenters. The predicted molar refractivity (Wildman–Crippen MR) is 61.7 cm³/mol. The minimum Gasteiger partial charge on any atom is -0.481 e. The van der Waals surface area contributed by atoms with Crippen LogP contribution in [0, 0.1) is 6.92 Å². The van der Waals surface area contributed by atoms with Crippen LogP contribution in [0.2, 0.25) is 0 Å². The van der Waals surface area contributed by atoms with Crippen molar-refractivity contribution in [2.24, 2.45) is 0 Å². The second-order valence-electron chi connectivity index (χ2n) is 3.69. The maximum atomic E-state index is 11.6. The van der Waals surface area contributed by atoms with Crippen LogP contribution in [0.5, 0.6) is 0 Å². The first-order valence-corrected chi connectivity index (χ1v) is 5.74. The molecule has 0 bridgehead atoms. The molecule has 0 fully saturated rings. The van der Waals surface area contributed by atoms with E-state index in [-0.39, 0.29) is 12.3 Å². The van der Waals surface area contributed by atoms with E-state index < -0.39 is 11.2 Å². The van der Waals surface area contributed by atoms with Crippen molar-refractivity contribution >= 4 is 29.3 Å². The third-order valence-electron chi connectivity index (χ3n) is 2.31. The van der Waals surface area contributed by atoms with Gasteiger partial charge in [0.25, 0.3) is 0 Å². The first-order chi connectivity index (χ1) is 7.56. The van der Waals surface area contributed by atoms with E-state index in [2.05, 4.69) is 5.32 Å². The van der Waals surface area contributed by atoms with Crippen molar-refractivity contribution in [3.05, 3.63) is 23.8 Å². The van der Waals surface area contributed by atoms with Gasteiger partial charge < -0.3 is 10.4 Å². The van der Waals surface area contributed by atoms with Gasteiger partial charge in [-0.25, -0.2) is 0 Å². The number of carboxylic acid groups (broad SMARTS) is 1. The second-order valence-corrected chi connectivity index (χ2v) is 4.94. The summed E-state index contributed by atoms with van der Waals surface area (Å²) in [5, 5.41) is 10.9. The monoisotopic (exact) mass is 237 g/mol. The summed E-state index contributed by atoms with van der Waals surface area (Å²) in [6.07, 6.45) is -0.149. The number of fused-ring (bicyclic) bond motifs is 1. The Bertz CT molecular complexity index is 459. The maximum Gasteiger partial charge on any atom is 0.305 e. The molecule has 0 radical (unpaired) electrons. The number of hydrogen-bond donors (Lipinski definition) is 2. The Labute approximate surface area is 97.0 Å². The maximum absolute atomic E-state index is 11.6. The average Bonchev–Trinajstić information content (AvgIpc) is 2.19. The number of nitrogens with one attached hydrogen (secondary N) is 1. The zero-order chi connectivity index (χ0) is 11.7. The third-order valence-corrected chi connectivity index (χ3v) is 3.59. The van der Waals surface area contributed by atoms with E-state index >= 15 is 0 Å². The fourth-order valence-corrected chi connectivity index (χ4v) is 2.64. The molecule has 2 rings (SSSR count). The van der Waals surface area contributed by atoms with Gasteiger partial charge in [-0.15, -0.1) is 11.8 Å². The highest BCUT2D eigenvalue weighted by atomic mass is 32.2. The molecule has 0 aromatic heterocycles. The Morgan fingerprint density at radius 2 is 2.31 bits per heavy atom. The summed E-state index contributed by atoms with van der Waals surface area (Å²) in [4.78, 5) is 23.1. The van der Waals surface area contributed by atoms with Crippen molar-refractivity contribution in [1.82, 2.24) is 0 Å². The summed E-state index contributed by atoms with van der Waals surface area (Å²) in [5.41, 5.74) is 1.84. The number of anilines is 1. The Kier molecular flexibility index (Phi) is 2.87.